The molecule has 0 aliphatic carbocycles. The molecule has 0 fully saturated rings. The number of hydrogen-bond acceptors (Lipinski definition) is 5. The number of aryl methyl sites for hydroxylation is 1. The summed E-state index contributed by atoms with van der Waals surface area (Å²) >= 11 is 1.32. The summed E-state index contributed by atoms with van der Waals surface area (Å²) in [6, 6.07) is 5.43. The van der Waals surface area contributed by atoms with Crippen LogP contribution in [-0.4, -0.2) is 38.9 Å². The molecule has 0 bridgehead atoms. The summed E-state index contributed by atoms with van der Waals surface area (Å²) in [6.45, 7) is 0.737. The zero-order valence-corrected chi connectivity index (χ0v) is 15.0. The van der Waals surface area contributed by atoms with E-state index >= 15 is 0 Å². The number of benzene rings is 1. The number of carbonyl (C=O) groups is 2. The number of halogens is 1. The summed E-state index contributed by atoms with van der Waals surface area (Å²) in [5.74, 6) is 0.146. The Bertz CT molecular complexity index is 778. The molecule has 0 atom stereocenters. The van der Waals surface area contributed by atoms with Crippen molar-refractivity contribution in [1.82, 2.24) is 20.1 Å². The molecule has 2 amide bonds. The molecule has 1 aliphatic rings. The largest absolute Gasteiger partial charge is 0.346 e. The highest BCUT2D eigenvalue weighted by Gasteiger charge is 2.16. The average Bonchev–Trinajstić information content (AvgIpc) is 2.86. The van der Waals surface area contributed by atoms with Gasteiger partial charge in [0.25, 0.3) is 0 Å². The van der Waals surface area contributed by atoms with Crippen LogP contribution in [0.25, 0.3) is 0 Å². The number of aromatic nitrogens is 3. The third-order valence-corrected chi connectivity index (χ3v) is 4.95. The van der Waals surface area contributed by atoms with Gasteiger partial charge in [-0.1, -0.05) is 18.2 Å². The molecular weight excluding hydrogens is 357 g/mol. The Morgan fingerprint density at radius 3 is 2.73 bits per heavy atom. The van der Waals surface area contributed by atoms with Crippen LogP contribution >= 0.6 is 11.8 Å². The highest BCUT2D eigenvalue weighted by Crippen LogP contribution is 2.21. The standard InChI is InChI=1S/C17H20FN5O2S/c18-12-5-7-13(8-6-12)20-15(24)10-19-16(25)11-26-17-22-21-14-4-2-1-3-9-23(14)17/h5-8H,1-4,9-11H2,(H,19,25)(H,20,24). The molecule has 2 aromatic rings. The average molecular weight is 377 g/mol. The first kappa shape index (κ1) is 18.4. The number of anilines is 1. The first-order chi connectivity index (χ1) is 12.6. The summed E-state index contributed by atoms with van der Waals surface area (Å²) < 4.78 is 14.9. The predicted molar refractivity (Wildman–Crippen MR) is 96.3 cm³/mol. The van der Waals surface area contributed by atoms with Gasteiger partial charge in [0.2, 0.25) is 11.8 Å². The fourth-order valence-electron chi connectivity index (χ4n) is 2.66. The molecule has 0 radical (unpaired) electrons. The minimum absolute atomic E-state index is 0.144. The van der Waals surface area contributed by atoms with Gasteiger partial charge in [0.05, 0.1) is 12.3 Å². The van der Waals surface area contributed by atoms with E-state index in [1.165, 1.54) is 42.4 Å². The second-order valence-electron chi connectivity index (χ2n) is 5.98. The minimum Gasteiger partial charge on any atom is -0.346 e. The highest BCUT2D eigenvalue weighted by atomic mass is 32.2. The zero-order valence-electron chi connectivity index (χ0n) is 14.2. The van der Waals surface area contributed by atoms with Crippen LogP contribution < -0.4 is 10.6 Å². The topological polar surface area (TPSA) is 88.9 Å². The van der Waals surface area contributed by atoms with E-state index in [1.54, 1.807) is 0 Å². The summed E-state index contributed by atoms with van der Waals surface area (Å²) in [6.07, 6.45) is 4.31. The van der Waals surface area contributed by atoms with Gasteiger partial charge in [-0.3, -0.25) is 9.59 Å². The number of nitrogens with zero attached hydrogens (tertiary/aromatic N) is 3. The third-order valence-electron chi connectivity index (χ3n) is 3.98. The second kappa shape index (κ2) is 8.79. The van der Waals surface area contributed by atoms with E-state index in [1.807, 2.05) is 0 Å². The fourth-order valence-corrected chi connectivity index (χ4v) is 3.48. The summed E-state index contributed by atoms with van der Waals surface area (Å²) in [5.41, 5.74) is 0.478. The number of fused-ring (bicyclic) bond motifs is 1. The second-order valence-corrected chi connectivity index (χ2v) is 6.92. The van der Waals surface area contributed by atoms with E-state index < -0.39 is 0 Å². The number of nitrogens with one attached hydrogen (secondary N) is 2. The number of rotatable bonds is 6. The molecule has 26 heavy (non-hydrogen) atoms. The van der Waals surface area contributed by atoms with Gasteiger partial charge in [-0.05, 0) is 37.1 Å². The molecule has 2 heterocycles. The molecule has 0 unspecified atom stereocenters. The van der Waals surface area contributed by atoms with E-state index in [0.717, 1.165) is 36.8 Å². The lowest BCUT2D eigenvalue weighted by Crippen LogP contribution is -2.33. The van der Waals surface area contributed by atoms with Gasteiger partial charge in [-0.2, -0.15) is 0 Å². The van der Waals surface area contributed by atoms with Crippen molar-refractivity contribution < 1.29 is 14.0 Å². The lowest BCUT2D eigenvalue weighted by molar-refractivity contribution is -0.122. The van der Waals surface area contributed by atoms with Crippen LogP contribution in [0.15, 0.2) is 29.4 Å². The van der Waals surface area contributed by atoms with Gasteiger partial charge >= 0.3 is 0 Å². The Balaban J connectivity index is 1.42. The Morgan fingerprint density at radius 1 is 1.12 bits per heavy atom. The van der Waals surface area contributed by atoms with Gasteiger partial charge in [0.15, 0.2) is 5.16 Å². The number of thioether (sulfide) groups is 1. The Hall–Kier alpha value is -2.42. The van der Waals surface area contributed by atoms with Gasteiger partial charge in [0.1, 0.15) is 11.6 Å². The van der Waals surface area contributed by atoms with Crippen LogP contribution in [0.4, 0.5) is 10.1 Å². The molecule has 0 spiro atoms. The molecule has 9 heteroatoms. The predicted octanol–water partition coefficient (Wildman–Crippen LogP) is 1.99. The Labute approximate surface area is 154 Å². The van der Waals surface area contributed by atoms with Gasteiger partial charge in [0, 0.05) is 18.7 Å². The number of hydrogen-bond donors (Lipinski definition) is 2. The normalized spacial score (nSPS) is 13.6. The minimum atomic E-state index is -0.375. The van der Waals surface area contributed by atoms with Gasteiger partial charge in [-0.15, -0.1) is 10.2 Å². The van der Waals surface area contributed by atoms with Crippen LogP contribution in [0.2, 0.25) is 0 Å². The first-order valence-electron chi connectivity index (χ1n) is 8.49. The molecule has 138 valence electrons. The van der Waals surface area contributed by atoms with Crippen molar-refractivity contribution in [3.8, 4) is 0 Å². The Morgan fingerprint density at radius 2 is 1.92 bits per heavy atom. The van der Waals surface area contributed by atoms with Crippen LogP contribution in [0, 0.1) is 5.82 Å². The Kier molecular flexibility index (Phi) is 6.21. The maximum Gasteiger partial charge on any atom is 0.243 e. The highest BCUT2D eigenvalue weighted by molar-refractivity contribution is 7.99. The molecule has 7 nitrogen and oxygen atoms in total. The lowest BCUT2D eigenvalue weighted by Gasteiger charge is -2.08. The quantitative estimate of drug-likeness (QED) is 0.752. The smallest absolute Gasteiger partial charge is 0.243 e. The van der Waals surface area contributed by atoms with Crippen molar-refractivity contribution in [2.75, 3.05) is 17.6 Å². The zero-order chi connectivity index (χ0) is 18.4. The lowest BCUT2D eigenvalue weighted by atomic mass is 10.2. The molecule has 2 N–H and O–H groups in total. The maximum absolute atomic E-state index is 12.8. The molecule has 0 saturated carbocycles. The van der Waals surface area contributed by atoms with Crippen molar-refractivity contribution in [2.24, 2.45) is 0 Å². The van der Waals surface area contributed by atoms with E-state index in [0.29, 0.717) is 5.69 Å². The van der Waals surface area contributed by atoms with Crippen LogP contribution in [0.3, 0.4) is 0 Å². The molecule has 1 aliphatic heterocycles. The third kappa shape index (κ3) is 5.04. The van der Waals surface area contributed by atoms with E-state index in [-0.39, 0.29) is 29.9 Å². The monoisotopic (exact) mass is 377 g/mol. The van der Waals surface area contributed by atoms with Crippen molar-refractivity contribution in [1.29, 1.82) is 0 Å². The van der Waals surface area contributed by atoms with Crippen LogP contribution in [-0.2, 0) is 22.6 Å². The van der Waals surface area contributed by atoms with Gasteiger partial charge in [-0.25, -0.2) is 4.39 Å². The summed E-state index contributed by atoms with van der Waals surface area (Å²) in [4.78, 5) is 23.8. The fraction of sp³-hybridized carbons (Fsp3) is 0.412. The van der Waals surface area contributed by atoms with Crippen LogP contribution in [0.5, 0.6) is 0 Å². The van der Waals surface area contributed by atoms with E-state index in [2.05, 4.69) is 25.4 Å². The number of amides is 2. The first-order valence-corrected chi connectivity index (χ1v) is 9.47. The summed E-state index contributed by atoms with van der Waals surface area (Å²) in [5, 5.41) is 14.2. The van der Waals surface area contributed by atoms with Crippen molar-refractivity contribution in [3.63, 3.8) is 0 Å². The molecule has 0 saturated heterocycles. The molecular formula is C17H20FN5O2S. The van der Waals surface area contributed by atoms with Gasteiger partial charge < -0.3 is 15.2 Å². The molecule has 3 rings (SSSR count). The van der Waals surface area contributed by atoms with E-state index in [9.17, 15) is 14.0 Å². The van der Waals surface area contributed by atoms with Crippen molar-refractivity contribution in [2.45, 2.75) is 37.4 Å². The SMILES string of the molecule is O=C(CSc1nnc2n1CCCCC2)NCC(=O)Nc1ccc(F)cc1. The maximum atomic E-state index is 12.8. The van der Waals surface area contributed by atoms with E-state index in [4.69, 9.17) is 0 Å². The van der Waals surface area contributed by atoms with Crippen molar-refractivity contribution >= 4 is 29.3 Å². The van der Waals surface area contributed by atoms with Crippen LogP contribution in [0.1, 0.15) is 25.1 Å². The molecule has 1 aromatic carbocycles. The summed E-state index contributed by atoms with van der Waals surface area (Å²) in [7, 11) is 0. The molecule has 1 aromatic heterocycles. The van der Waals surface area contributed by atoms with Crippen molar-refractivity contribution in [3.05, 3.63) is 35.9 Å². The number of carbonyl (C=O) groups excluding carboxylic acids is 2.